The fourth-order valence-electron chi connectivity index (χ4n) is 4.79. The second-order valence-electron chi connectivity index (χ2n) is 10.4. The molecule has 0 radical (unpaired) electrons. The summed E-state index contributed by atoms with van der Waals surface area (Å²) in [4.78, 5) is 23.9. The highest BCUT2D eigenvalue weighted by Gasteiger charge is 2.28. The molecule has 0 unspecified atom stereocenters. The maximum Gasteiger partial charge on any atom is 0.508 e. The number of carbonyl (C=O) groups is 2. The Labute approximate surface area is 201 Å². The van der Waals surface area contributed by atoms with Crippen molar-refractivity contribution in [3.63, 3.8) is 0 Å². The van der Waals surface area contributed by atoms with Crippen molar-refractivity contribution in [3.05, 3.63) is 0 Å². The largest absolute Gasteiger partial charge is 0.508 e. The van der Waals surface area contributed by atoms with Crippen molar-refractivity contribution in [2.24, 2.45) is 5.92 Å². The molecule has 0 heterocycles. The van der Waals surface area contributed by atoms with E-state index in [-0.39, 0.29) is 18.3 Å². The summed E-state index contributed by atoms with van der Waals surface area (Å²) in [6.45, 7) is 5.01. The van der Waals surface area contributed by atoms with Crippen molar-refractivity contribution < 1.29 is 28.5 Å². The van der Waals surface area contributed by atoms with E-state index in [2.05, 4.69) is 13.8 Å². The Morgan fingerprint density at radius 3 is 1.61 bits per heavy atom. The monoisotopic (exact) mass is 468 g/mol. The number of hydrogen-bond acceptors (Lipinski definition) is 6. The van der Waals surface area contributed by atoms with E-state index in [1.807, 2.05) is 0 Å². The fraction of sp³-hybridized carbons (Fsp3) is 0.926. The summed E-state index contributed by atoms with van der Waals surface area (Å²) in [5.74, 6) is 0.821. The zero-order valence-electron chi connectivity index (χ0n) is 21.2. The molecular weight excluding hydrogens is 420 g/mol. The third-order valence-corrected chi connectivity index (χ3v) is 6.86. The van der Waals surface area contributed by atoms with Crippen LogP contribution in [0.15, 0.2) is 0 Å². The molecule has 0 aromatic heterocycles. The third kappa shape index (κ3) is 13.7. The molecule has 2 aliphatic rings. The minimum atomic E-state index is -0.568. The molecule has 0 aromatic rings. The zero-order valence-corrected chi connectivity index (χ0v) is 21.2. The maximum absolute atomic E-state index is 12.0. The molecular formula is C27H48O6. The van der Waals surface area contributed by atoms with Gasteiger partial charge >= 0.3 is 12.3 Å². The number of carbonyl (C=O) groups excluding carboxylic acids is 2. The highest BCUT2D eigenvalue weighted by Crippen LogP contribution is 2.26. The Morgan fingerprint density at radius 2 is 1.06 bits per heavy atom. The van der Waals surface area contributed by atoms with Gasteiger partial charge in [-0.05, 0) is 63.7 Å². The lowest BCUT2D eigenvalue weighted by atomic mass is 9.95. The van der Waals surface area contributed by atoms with Crippen molar-refractivity contribution in [1.82, 2.24) is 0 Å². The van der Waals surface area contributed by atoms with Crippen molar-refractivity contribution in [2.75, 3.05) is 6.61 Å². The normalized spacial score (nSPS) is 21.5. The SMILES string of the molecule is CC(C)CCCCCCCCCCOC(=O)OC1CCC(OC(=O)OC2CCCCC2)CC1. The number of hydrogen-bond donors (Lipinski definition) is 0. The van der Waals surface area contributed by atoms with E-state index >= 15 is 0 Å². The molecule has 0 aromatic carbocycles. The van der Waals surface area contributed by atoms with Crippen LogP contribution in [-0.2, 0) is 18.9 Å². The zero-order chi connectivity index (χ0) is 23.7. The molecule has 0 saturated heterocycles. The topological polar surface area (TPSA) is 71.1 Å². The van der Waals surface area contributed by atoms with Gasteiger partial charge in [-0.1, -0.05) is 71.6 Å². The van der Waals surface area contributed by atoms with Crippen LogP contribution in [0.25, 0.3) is 0 Å². The molecule has 0 spiro atoms. The Bertz CT molecular complexity index is 521. The second kappa shape index (κ2) is 17.0. The summed E-state index contributed by atoms with van der Waals surface area (Å²) in [6, 6.07) is 0. The first-order chi connectivity index (χ1) is 16.0. The first-order valence-corrected chi connectivity index (χ1v) is 13.7. The number of unbranched alkanes of at least 4 members (excludes halogenated alkanes) is 7. The van der Waals surface area contributed by atoms with Gasteiger partial charge in [-0.3, -0.25) is 0 Å². The molecule has 0 aliphatic heterocycles. The first-order valence-electron chi connectivity index (χ1n) is 13.7. The van der Waals surface area contributed by atoms with Gasteiger partial charge in [-0.15, -0.1) is 0 Å². The van der Waals surface area contributed by atoms with Gasteiger partial charge in [0.1, 0.15) is 18.3 Å². The predicted octanol–water partition coefficient (Wildman–Crippen LogP) is 8.10. The predicted molar refractivity (Wildman–Crippen MR) is 129 cm³/mol. The average molecular weight is 469 g/mol. The van der Waals surface area contributed by atoms with Gasteiger partial charge in [0.25, 0.3) is 0 Å². The quantitative estimate of drug-likeness (QED) is 0.189. The van der Waals surface area contributed by atoms with Crippen LogP contribution in [0.4, 0.5) is 9.59 Å². The van der Waals surface area contributed by atoms with Crippen LogP contribution in [0.1, 0.15) is 129 Å². The van der Waals surface area contributed by atoms with Gasteiger partial charge in [0.15, 0.2) is 0 Å². The molecule has 0 atom stereocenters. The van der Waals surface area contributed by atoms with Crippen LogP contribution >= 0.6 is 0 Å². The Balaban J connectivity index is 1.40. The summed E-state index contributed by atoms with van der Waals surface area (Å²) < 4.78 is 21.6. The van der Waals surface area contributed by atoms with E-state index in [0.717, 1.165) is 44.4 Å². The minimum absolute atomic E-state index is 0.0141. The summed E-state index contributed by atoms with van der Waals surface area (Å²) in [5.41, 5.74) is 0. The molecule has 0 amide bonds. The highest BCUT2D eigenvalue weighted by molar-refractivity contribution is 5.60. The van der Waals surface area contributed by atoms with Gasteiger partial charge in [0.05, 0.1) is 6.61 Å². The molecule has 2 rings (SSSR count). The van der Waals surface area contributed by atoms with Crippen LogP contribution in [0.2, 0.25) is 0 Å². The maximum atomic E-state index is 12.0. The van der Waals surface area contributed by atoms with Crippen molar-refractivity contribution >= 4 is 12.3 Å². The highest BCUT2D eigenvalue weighted by atomic mass is 16.7. The molecule has 2 saturated carbocycles. The molecule has 6 nitrogen and oxygen atoms in total. The molecule has 0 N–H and O–H groups in total. The van der Waals surface area contributed by atoms with Crippen LogP contribution in [0.5, 0.6) is 0 Å². The van der Waals surface area contributed by atoms with E-state index in [1.165, 1.54) is 51.4 Å². The van der Waals surface area contributed by atoms with Crippen LogP contribution in [0.3, 0.4) is 0 Å². The van der Waals surface area contributed by atoms with Gasteiger partial charge in [-0.25, -0.2) is 9.59 Å². The van der Waals surface area contributed by atoms with E-state index in [1.54, 1.807) is 0 Å². The van der Waals surface area contributed by atoms with Crippen molar-refractivity contribution in [2.45, 2.75) is 148 Å². The average Bonchev–Trinajstić information content (AvgIpc) is 2.79. The Hall–Kier alpha value is -1.46. The molecule has 2 fully saturated rings. The number of rotatable bonds is 14. The lowest BCUT2D eigenvalue weighted by molar-refractivity contribution is -0.0401. The lowest BCUT2D eigenvalue weighted by Crippen LogP contribution is -2.31. The molecule has 192 valence electrons. The smallest absolute Gasteiger partial charge is 0.434 e. The minimum Gasteiger partial charge on any atom is -0.434 e. The van der Waals surface area contributed by atoms with E-state index < -0.39 is 12.3 Å². The molecule has 6 heteroatoms. The van der Waals surface area contributed by atoms with Gasteiger partial charge in [-0.2, -0.15) is 0 Å². The Kier molecular flexibility index (Phi) is 14.4. The second-order valence-corrected chi connectivity index (χ2v) is 10.4. The summed E-state index contributed by atoms with van der Waals surface area (Å²) in [5, 5.41) is 0. The Morgan fingerprint density at radius 1 is 0.606 bits per heavy atom. The summed E-state index contributed by atoms with van der Waals surface area (Å²) in [6.07, 6.45) is 17.9. The van der Waals surface area contributed by atoms with Crippen LogP contribution in [0, 0.1) is 5.92 Å². The molecule has 0 bridgehead atoms. The summed E-state index contributed by atoms with van der Waals surface area (Å²) in [7, 11) is 0. The van der Waals surface area contributed by atoms with Crippen molar-refractivity contribution in [3.8, 4) is 0 Å². The number of ether oxygens (including phenoxy) is 4. The molecule has 33 heavy (non-hydrogen) atoms. The van der Waals surface area contributed by atoms with E-state index in [9.17, 15) is 9.59 Å². The van der Waals surface area contributed by atoms with Crippen LogP contribution < -0.4 is 0 Å². The standard InChI is InChI=1S/C27H48O6/c1-22(2)14-10-7-5-3-4-6-8-13-21-30-26(28)31-24-17-19-25(20-18-24)33-27(29)32-23-15-11-9-12-16-23/h22-25H,3-21H2,1-2H3. The van der Waals surface area contributed by atoms with Crippen molar-refractivity contribution in [1.29, 1.82) is 0 Å². The lowest BCUT2D eigenvalue weighted by Gasteiger charge is -2.28. The summed E-state index contributed by atoms with van der Waals surface area (Å²) >= 11 is 0. The van der Waals surface area contributed by atoms with E-state index in [4.69, 9.17) is 18.9 Å². The van der Waals surface area contributed by atoms with Gasteiger partial charge in [0.2, 0.25) is 0 Å². The van der Waals surface area contributed by atoms with Gasteiger partial charge < -0.3 is 18.9 Å². The van der Waals surface area contributed by atoms with Gasteiger partial charge in [0, 0.05) is 0 Å². The fourth-order valence-corrected chi connectivity index (χ4v) is 4.79. The molecule has 2 aliphatic carbocycles. The van der Waals surface area contributed by atoms with E-state index in [0.29, 0.717) is 32.3 Å². The van der Waals surface area contributed by atoms with Crippen LogP contribution in [-0.4, -0.2) is 37.2 Å². The third-order valence-electron chi connectivity index (χ3n) is 6.86. The first kappa shape index (κ1) is 27.8.